The minimum Gasteiger partial charge on any atom is -0.254 e. The highest BCUT2D eigenvalue weighted by Gasteiger charge is 2.20. The molecule has 0 aliphatic rings. The number of thiophene rings is 1. The standard InChI is InChI=1S/C44H26N2S/c1-2-11-27(12-3-1)39-30-14-4-6-16-32(30)40(33-17-7-5-15-31(33)39)37-21-9-19-35-34-18-8-20-36(43(34)47-44(35)37)38-25-24-29-23-22-28-13-10-26-45-41(28)42(29)46-38/h1-26H. The van der Waals surface area contributed by atoms with Crippen LogP contribution in [0.1, 0.15) is 0 Å². The van der Waals surface area contributed by atoms with Crippen molar-refractivity contribution in [2.24, 2.45) is 0 Å². The first-order chi connectivity index (χ1) is 23.3. The van der Waals surface area contributed by atoms with Crippen LogP contribution in [0.25, 0.3) is 97.0 Å². The fraction of sp³-hybridized carbons (Fsp3) is 0. The van der Waals surface area contributed by atoms with Crippen molar-refractivity contribution in [2.45, 2.75) is 0 Å². The normalized spacial score (nSPS) is 11.8. The van der Waals surface area contributed by atoms with Gasteiger partial charge in [-0.1, -0.05) is 140 Å². The average Bonchev–Trinajstić information content (AvgIpc) is 3.53. The van der Waals surface area contributed by atoms with Crippen LogP contribution in [0.4, 0.5) is 0 Å². The minimum absolute atomic E-state index is 0.940. The highest BCUT2D eigenvalue weighted by Crippen LogP contribution is 2.49. The van der Waals surface area contributed by atoms with Crippen molar-refractivity contribution in [1.29, 1.82) is 0 Å². The van der Waals surface area contributed by atoms with Crippen molar-refractivity contribution in [3.8, 4) is 33.5 Å². The van der Waals surface area contributed by atoms with E-state index in [0.29, 0.717) is 0 Å². The third-order valence-corrected chi connectivity index (χ3v) is 10.8. The molecule has 0 N–H and O–H groups in total. The zero-order valence-electron chi connectivity index (χ0n) is 25.3. The molecular weight excluding hydrogens is 589 g/mol. The van der Waals surface area contributed by atoms with E-state index in [1.165, 1.54) is 64.0 Å². The Balaban J connectivity index is 1.26. The second-order valence-corrected chi connectivity index (χ2v) is 13.1. The topological polar surface area (TPSA) is 25.8 Å². The molecule has 3 heterocycles. The van der Waals surface area contributed by atoms with Crippen LogP contribution in [0.3, 0.4) is 0 Å². The van der Waals surface area contributed by atoms with Crippen molar-refractivity contribution < 1.29 is 0 Å². The monoisotopic (exact) mass is 614 g/mol. The van der Waals surface area contributed by atoms with Gasteiger partial charge in [-0.2, -0.15) is 0 Å². The van der Waals surface area contributed by atoms with Crippen molar-refractivity contribution in [3.05, 3.63) is 158 Å². The largest absolute Gasteiger partial charge is 0.254 e. The first-order valence-corrected chi connectivity index (χ1v) is 16.7. The fourth-order valence-corrected chi connectivity index (χ4v) is 8.77. The average molecular weight is 615 g/mol. The van der Waals surface area contributed by atoms with Gasteiger partial charge in [0, 0.05) is 48.3 Å². The molecule has 0 spiro atoms. The lowest BCUT2D eigenvalue weighted by molar-refractivity contribution is 1.37. The zero-order valence-corrected chi connectivity index (χ0v) is 26.1. The molecule has 0 amide bonds. The third-order valence-electron chi connectivity index (χ3n) is 9.50. The Bertz CT molecular complexity index is 2790. The summed E-state index contributed by atoms with van der Waals surface area (Å²) in [5.41, 5.74) is 9.08. The van der Waals surface area contributed by atoms with Gasteiger partial charge in [0.2, 0.25) is 0 Å². The second kappa shape index (κ2) is 10.3. The summed E-state index contributed by atoms with van der Waals surface area (Å²) in [7, 11) is 0. The Morgan fingerprint density at radius 2 is 0.936 bits per heavy atom. The quantitative estimate of drug-likeness (QED) is 0.146. The summed E-state index contributed by atoms with van der Waals surface area (Å²) in [5.74, 6) is 0. The van der Waals surface area contributed by atoms with Gasteiger partial charge in [0.1, 0.15) is 0 Å². The van der Waals surface area contributed by atoms with Crippen LogP contribution < -0.4 is 0 Å². The van der Waals surface area contributed by atoms with Crippen LogP contribution in [0, 0.1) is 0 Å². The molecule has 0 saturated heterocycles. The van der Waals surface area contributed by atoms with E-state index < -0.39 is 0 Å². The van der Waals surface area contributed by atoms with Crippen LogP contribution in [0.2, 0.25) is 0 Å². The fourth-order valence-electron chi connectivity index (χ4n) is 7.43. The van der Waals surface area contributed by atoms with Gasteiger partial charge in [-0.25, -0.2) is 4.98 Å². The number of hydrogen-bond donors (Lipinski definition) is 0. The SMILES string of the molecule is c1ccc(-c2c3ccccc3c(-c3cccc4c3sc3c(-c5ccc6ccc7cccnc7c6n5)cccc34)c3ccccc23)cc1. The number of pyridine rings is 2. The molecule has 0 saturated carbocycles. The first-order valence-electron chi connectivity index (χ1n) is 15.9. The van der Waals surface area contributed by atoms with E-state index >= 15 is 0 Å². The van der Waals surface area contributed by atoms with Crippen molar-refractivity contribution >= 4 is 74.9 Å². The zero-order chi connectivity index (χ0) is 30.9. The number of aromatic nitrogens is 2. The molecule has 47 heavy (non-hydrogen) atoms. The molecule has 0 aliphatic heterocycles. The minimum atomic E-state index is 0.940. The van der Waals surface area contributed by atoms with Gasteiger partial charge < -0.3 is 0 Å². The Morgan fingerprint density at radius 3 is 1.64 bits per heavy atom. The van der Waals surface area contributed by atoms with E-state index in [1.807, 2.05) is 23.6 Å². The first kappa shape index (κ1) is 26.3. The van der Waals surface area contributed by atoms with E-state index in [1.54, 1.807) is 0 Å². The van der Waals surface area contributed by atoms with E-state index in [0.717, 1.165) is 33.1 Å². The van der Waals surface area contributed by atoms with Gasteiger partial charge in [0.15, 0.2) is 0 Å². The predicted octanol–water partition coefficient (Wildman–Crippen LogP) is 12.5. The summed E-state index contributed by atoms with van der Waals surface area (Å²) in [6.07, 6.45) is 1.85. The van der Waals surface area contributed by atoms with Crippen LogP contribution in [0.5, 0.6) is 0 Å². The van der Waals surface area contributed by atoms with Crippen molar-refractivity contribution in [2.75, 3.05) is 0 Å². The van der Waals surface area contributed by atoms with Crippen molar-refractivity contribution in [3.63, 3.8) is 0 Å². The molecule has 0 radical (unpaired) electrons. The molecule has 7 aromatic carbocycles. The number of nitrogens with zero attached hydrogens (tertiary/aromatic N) is 2. The summed E-state index contributed by atoms with van der Waals surface area (Å²) in [4.78, 5) is 9.94. The molecule has 0 aliphatic carbocycles. The molecule has 2 nitrogen and oxygen atoms in total. The molecule has 10 rings (SSSR count). The lowest BCUT2D eigenvalue weighted by Crippen LogP contribution is -1.90. The van der Waals surface area contributed by atoms with Gasteiger partial charge in [-0.05, 0) is 50.4 Å². The van der Waals surface area contributed by atoms with Gasteiger partial charge in [-0.3, -0.25) is 4.98 Å². The number of rotatable bonds is 3. The molecule has 3 heteroatoms. The van der Waals surface area contributed by atoms with E-state index in [-0.39, 0.29) is 0 Å². The van der Waals surface area contributed by atoms with Gasteiger partial charge >= 0.3 is 0 Å². The number of benzene rings is 7. The van der Waals surface area contributed by atoms with Crippen LogP contribution in [-0.2, 0) is 0 Å². The molecule has 0 unspecified atom stereocenters. The van der Waals surface area contributed by atoms with Gasteiger partial charge in [0.05, 0.1) is 16.7 Å². The van der Waals surface area contributed by atoms with Crippen molar-refractivity contribution in [1.82, 2.24) is 9.97 Å². The van der Waals surface area contributed by atoms with Crippen LogP contribution >= 0.6 is 11.3 Å². The Hall–Kier alpha value is -5.90. The third kappa shape index (κ3) is 3.97. The second-order valence-electron chi connectivity index (χ2n) is 12.1. The molecular formula is C44H26N2S. The van der Waals surface area contributed by atoms with Crippen LogP contribution in [-0.4, -0.2) is 9.97 Å². The smallest absolute Gasteiger partial charge is 0.0972 e. The van der Waals surface area contributed by atoms with Gasteiger partial charge in [-0.15, -0.1) is 11.3 Å². The van der Waals surface area contributed by atoms with Gasteiger partial charge in [0.25, 0.3) is 0 Å². The number of fused-ring (bicyclic) bond motifs is 8. The Kier molecular flexibility index (Phi) is 5.78. The maximum Gasteiger partial charge on any atom is 0.0972 e. The summed E-state index contributed by atoms with van der Waals surface area (Å²) in [6, 6.07) is 54.7. The maximum absolute atomic E-state index is 5.24. The van der Waals surface area contributed by atoms with Crippen LogP contribution in [0.15, 0.2) is 158 Å². The Labute approximate surface area is 275 Å². The number of hydrogen-bond acceptors (Lipinski definition) is 3. The highest BCUT2D eigenvalue weighted by atomic mass is 32.1. The molecule has 0 fully saturated rings. The molecule has 0 bridgehead atoms. The lowest BCUT2D eigenvalue weighted by atomic mass is 9.86. The summed E-state index contributed by atoms with van der Waals surface area (Å²) in [5, 5.41) is 9.82. The predicted molar refractivity (Wildman–Crippen MR) is 201 cm³/mol. The van der Waals surface area contributed by atoms with E-state index in [9.17, 15) is 0 Å². The highest BCUT2D eigenvalue weighted by molar-refractivity contribution is 7.26. The molecule has 218 valence electrons. The summed E-state index contributed by atoms with van der Waals surface area (Å²) >= 11 is 1.88. The van der Waals surface area contributed by atoms with E-state index in [4.69, 9.17) is 9.97 Å². The Morgan fingerprint density at radius 1 is 0.383 bits per heavy atom. The molecule has 10 aromatic rings. The summed E-state index contributed by atoms with van der Waals surface area (Å²) < 4.78 is 2.55. The summed E-state index contributed by atoms with van der Waals surface area (Å²) in [6.45, 7) is 0. The molecule has 3 aromatic heterocycles. The lowest BCUT2D eigenvalue weighted by Gasteiger charge is -2.18. The maximum atomic E-state index is 5.24. The van der Waals surface area contributed by atoms with E-state index in [2.05, 4.69) is 146 Å². The molecule has 0 atom stereocenters.